The maximum Gasteiger partial charge on any atom is 0.264 e. The van der Waals surface area contributed by atoms with Gasteiger partial charge in [0.1, 0.15) is 11.6 Å². The third-order valence-corrected chi connectivity index (χ3v) is 8.15. The van der Waals surface area contributed by atoms with E-state index in [-0.39, 0.29) is 34.9 Å². The van der Waals surface area contributed by atoms with Crippen LogP contribution in [0.25, 0.3) is 5.57 Å². The van der Waals surface area contributed by atoms with Crippen molar-refractivity contribution in [2.45, 2.75) is 44.8 Å². The van der Waals surface area contributed by atoms with E-state index in [2.05, 4.69) is 44.3 Å². The number of anilines is 2. The first-order valence-electron chi connectivity index (χ1n) is 14.0. The fourth-order valence-electron chi connectivity index (χ4n) is 5.49. The summed E-state index contributed by atoms with van der Waals surface area (Å²) in [6, 6.07) is 3.74. The average Bonchev–Trinajstić information content (AvgIpc) is 3.00. The number of carbonyl (C=O) groups excluding carboxylic acids is 1. The number of hydrogen-bond donors (Lipinski definition) is 3. The molecule has 13 heteroatoms. The Morgan fingerprint density at radius 3 is 2.44 bits per heavy atom. The van der Waals surface area contributed by atoms with Crippen molar-refractivity contribution in [1.82, 2.24) is 25.2 Å². The lowest BCUT2D eigenvalue weighted by Crippen LogP contribution is -2.55. The highest BCUT2D eigenvalue weighted by Crippen LogP contribution is 2.36. The van der Waals surface area contributed by atoms with Crippen molar-refractivity contribution in [3.8, 4) is 5.75 Å². The molecule has 10 nitrogen and oxygen atoms in total. The van der Waals surface area contributed by atoms with E-state index in [1.165, 1.54) is 13.2 Å². The molecule has 1 saturated heterocycles. The monoisotopic (exact) mass is 597 g/mol. The van der Waals surface area contributed by atoms with Gasteiger partial charge in [-0.25, -0.2) is 23.1 Å². The van der Waals surface area contributed by atoms with Gasteiger partial charge in [0.05, 0.1) is 42.5 Å². The summed E-state index contributed by atoms with van der Waals surface area (Å²) in [4.78, 5) is 40.2. The lowest BCUT2D eigenvalue weighted by molar-refractivity contribution is 0.101. The fourth-order valence-corrected chi connectivity index (χ4v) is 5.49. The number of benzene rings is 1. The molecule has 0 bridgehead atoms. The van der Waals surface area contributed by atoms with Crippen LogP contribution in [0.1, 0.15) is 60.0 Å². The Kier molecular flexibility index (Phi) is 8.83. The first-order valence-corrected chi connectivity index (χ1v) is 14.0. The fraction of sp³-hybridized carbons (Fsp3) is 0.400. The van der Waals surface area contributed by atoms with Crippen LogP contribution in [0.2, 0.25) is 0 Å². The Balaban J connectivity index is 1.49. The van der Waals surface area contributed by atoms with Gasteiger partial charge in [0.2, 0.25) is 5.56 Å². The number of piperazine rings is 1. The second-order valence-corrected chi connectivity index (χ2v) is 10.9. The van der Waals surface area contributed by atoms with Gasteiger partial charge in [0.25, 0.3) is 12.3 Å². The van der Waals surface area contributed by atoms with Crippen molar-refractivity contribution in [3.05, 3.63) is 81.6 Å². The van der Waals surface area contributed by atoms with E-state index in [1.54, 1.807) is 18.5 Å². The molecule has 3 aromatic rings. The van der Waals surface area contributed by atoms with Crippen molar-refractivity contribution in [1.29, 1.82) is 0 Å². The molecule has 43 heavy (non-hydrogen) atoms. The molecule has 1 unspecified atom stereocenters. The molecule has 228 valence electrons. The van der Waals surface area contributed by atoms with Gasteiger partial charge in [-0.2, -0.15) is 0 Å². The van der Waals surface area contributed by atoms with Crippen LogP contribution in [0.15, 0.2) is 47.7 Å². The minimum atomic E-state index is -3.04. The number of nitrogens with zero attached hydrogens (tertiary/aromatic N) is 4. The summed E-state index contributed by atoms with van der Waals surface area (Å²) in [5.41, 5.74) is -0.137. The van der Waals surface area contributed by atoms with Crippen molar-refractivity contribution < 1.29 is 22.7 Å². The van der Waals surface area contributed by atoms with E-state index in [0.29, 0.717) is 55.0 Å². The second-order valence-electron chi connectivity index (χ2n) is 10.9. The molecule has 0 radical (unpaired) electrons. The van der Waals surface area contributed by atoms with Crippen LogP contribution in [-0.2, 0) is 0 Å². The molecule has 4 heterocycles. The van der Waals surface area contributed by atoms with Crippen LogP contribution in [0.4, 0.5) is 24.5 Å². The number of pyridine rings is 1. The van der Waals surface area contributed by atoms with E-state index < -0.39 is 29.3 Å². The van der Waals surface area contributed by atoms with Gasteiger partial charge in [-0.15, -0.1) is 0 Å². The van der Waals surface area contributed by atoms with Crippen molar-refractivity contribution in [2.75, 3.05) is 44.0 Å². The smallest absolute Gasteiger partial charge is 0.264 e. The molecule has 1 fully saturated rings. The molecule has 1 amide bonds. The van der Waals surface area contributed by atoms with Crippen LogP contribution in [0, 0.1) is 5.82 Å². The Morgan fingerprint density at radius 1 is 1.14 bits per heavy atom. The number of likely N-dealkylation sites (N-methyl/N-ethyl adjacent to an activating group) is 1. The number of ether oxygens (including phenoxy) is 1. The van der Waals surface area contributed by atoms with Crippen LogP contribution in [-0.4, -0.2) is 71.6 Å². The Morgan fingerprint density at radius 2 is 1.84 bits per heavy atom. The van der Waals surface area contributed by atoms with Gasteiger partial charge in [-0.1, -0.05) is 6.08 Å². The van der Waals surface area contributed by atoms with E-state index in [9.17, 15) is 18.4 Å². The molecule has 2 aromatic heterocycles. The molecule has 0 aliphatic carbocycles. The molecule has 2 aliphatic heterocycles. The third-order valence-electron chi connectivity index (χ3n) is 8.15. The van der Waals surface area contributed by atoms with E-state index in [1.807, 2.05) is 18.0 Å². The van der Waals surface area contributed by atoms with Gasteiger partial charge >= 0.3 is 0 Å². The molecule has 3 atom stereocenters. The molecule has 2 aliphatic rings. The Hall–Kier alpha value is -4.23. The van der Waals surface area contributed by atoms with Crippen molar-refractivity contribution >= 4 is 22.9 Å². The highest BCUT2D eigenvalue weighted by atomic mass is 19.3. The summed E-state index contributed by atoms with van der Waals surface area (Å²) in [7, 11) is 3.56. The summed E-state index contributed by atoms with van der Waals surface area (Å²) in [5.74, 6) is -0.196. The Bertz CT molecular complexity index is 1570. The molecule has 0 spiro atoms. The van der Waals surface area contributed by atoms with E-state index in [4.69, 9.17) is 4.74 Å². The van der Waals surface area contributed by atoms with Crippen molar-refractivity contribution in [2.24, 2.45) is 0 Å². The SMILES string of the molecule is COc1cnc(C2CC=C(c3cc(NC(=O)c4c[nH]c(=O)cc4C(F)F)c(N4C[C@@H](C)N(C)[C@@H](C)C4)cc3F)CN2)nc1. The molecular weight excluding hydrogens is 563 g/mol. The summed E-state index contributed by atoms with van der Waals surface area (Å²) in [5, 5.41) is 6.07. The Labute approximate surface area is 247 Å². The zero-order valence-corrected chi connectivity index (χ0v) is 24.3. The van der Waals surface area contributed by atoms with Crippen LogP contribution >= 0.6 is 0 Å². The normalized spacial score (nSPS) is 21.1. The predicted molar refractivity (Wildman–Crippen MR) is 157 cm³/mol. The van der Waals surface area contributed by atoms with Crippen LogP contribution in [0.5, 0.6) is 5.75 Å². The van der Waals surface area contributed by atoms with Crippen LogP contribution in [0.3, 0.4) is 0 Å². The number of amides is 1. The highest BCUT2D eigenvalue weighted by molar-refractivity contribution is 6.07. The van der Waals surface area contributed by atoms with Gasteiger partial charge in [0.15, 0.2) is 5.75 Å². The van der Waals surface area contributed by atoms with Gasteiger partial charge in [-0.05, 0) is 45.0 Å². The predicted octanol–water partition coefficient (Wildman–Crippen LogP) is 4.15. The summed E-state index contributed by atoms with van der Waals surface area (Å²) in [6.45, 7) is 5.56. The lowest BCUT2D eigenvalue weighted by Gasteiger charge is -2.44. The summed E-state index contributed by atoms with van der Waals surface area (Å²) < 4.78 is 48.4. The summed E-state index contributed by atoms with van der Waals surface area (Å²) in [6.07, 6.45) is 3.49. The zero-order chi connectivity index (χ0) is 30.8. The van der Waals surface area contributed by atoms with E-state index in [0.717, 1.165) is 6.20 Å². The standard InChI is InChI=1S/C30H34F3N7O3/c1-16-14-40(15-17(2)39(16)3)26-9-23(31)20(18-5-6-24(34-10-18)29-36-11-19(43-4)12-37-29)7-25(26)38-30(42)22-13-35-27(41)8-21(22)28(32)33/h5,7-9,11-13,16-17,24,28,34H,6,10,14-15H2,1-4H3,(H,35,41)(H,38,42)/t16-,17+,24?. The van der Waals surface area contributed by atoms with Gasteiger partial charge < -0.3 is 25.3 Å². The topological polar surface area (TPSA) is 115 Å². The zero-order valence-electron chi connectivity index (χ0n) is 24.3. The average molecular weight is 598 g/mol. The van der Waals surface area contributed by atoms with Gasteiger partial charge in [0, 0.05) is 55.1 Å². The first-order chi connectivity index (χ1) is 20.5. The minimum absolute atomic E-state index is 0.141. The molecule has 5 rings (SSSR count). The first kappa shape index (κ1) is 30.2. The number of nitrogens with one attached hydrogen (secondary N) is 3. The maximum atomic E-state index is 15.8. The van der Waals surface area contributed by atoms with Crippen molar-refractivity contribution in [3.63, 3.8) is 0 Å². The quantitative estimate of drug-likeness (QED) is 0.372. The summed E-state index contributed by atoms with van der Waals surface area (Å²) >= 11 is 0. The molecule has 1 aromatic carbocycles. The number of halogens is 3. The lowest BCUT2D eigenvalue weighted by atomic mass is 9.96. The maximum absolute atomic E-state index is 15.8. The number of alkyl halides is 2. The molecular formula is C30H34F3N7O3. The number of rotatable bonds is 7. The second kappa shape index (κ2) is 12.6. The number of H-pyrrole nitrogens is 1. The largest absolute Gasteiger partial charge is 0.494 e. The van der Waals surface area contributed by atoms with Crippen LogP contribution < -0.4 is 25.8 Å². The third kappa shape index (κ3) is 6.42. The van der Waals surface area contributed by atoms with E-state index >= 15 is 4.39 Å². The molecule has 0 saturated carbocycles. The van der Waals surface area contributed by atoms with Gasteiger partial charge in [-0.3, -0.25) is 14.5 Å². The number of hydrogen-bond acceptors (Lipinski definition) is 8. The number of aromatic amines is 1. The number of aromatic nitrogens is 3. The molecule has 3 N–H and O–H groups in total. The number of carbonyl (C=O) groups is 1. The minimum Gasteiger partial charge on any atom is -0.494 e. The highest BCUT2D eigenvalue weighted by Gasteiger charge is 2.30. The number of methoxy groups -OCH3 is 1.